The second-order valence-electron chi connectivity index (χ2n) is 4.26. The van der Waals surface area contributed by atoms with E-state index in [2.05, 4.69) is 4.98 Å². The lowest BCUT2D eigenvalue weighted by Gasteiger charge is -1.98. The van der Waals surface area contributed by atoms with Gasteiger partial charge in [0.05, 0.1) is 5.52 Å². The minimum Gasteiger partial charge on any atom is -0.455 e. The standard InChI is InChI=1S/C15H8ClNO/c16-9-5-6-11-13(7-9)17-8-12-10-3-1-2-4-14(10)18-15(11)12/h1-8H. The minimum atomic E-state index is 0.686. The summed E-state index contributed by atoms with van der Waals surface area (Å²) in [4.78, 5) is 4.45. The van der Waals surface area contributed by atoms with Crippen LogP contribution in [0.3, 0.4) is 0 Å². The van der Waals surface area contributed by atoms with Crippen molar-refractivity contribution in [2.24, 2.45) is 0 Å². The van der Waals surface area contributed by atoms with Crippen LogP contribution in [0.1, 0.15) is 0 Å². The molecule has 0 spiro atoms. The molecule has 0 bridgehead atoms. The number of pyridine rings is 1. The van der Waals surface area contributed by atoms with E-state index < -0.39 is 0 Å². The summed E-state index contributed by atoms with van der Waals surface area (Å²) in [5.41, 5.74) is 2.61. The second kappa shape index (κ2) is 3.47. The van der Waals surface area contributed by atoms with Crippen LogP contribution in [0.2, 0.25) is 5.02 Å². The van der Waals surface area contributed by atoms with Gasteiger partial charge in [0.25, 0.3) is 0 Å². The van der Waals surface area contributed by atoms with Crippen LogP contribution < -0.4 is 0 Å². The van der Waals surface area contributed by atoms with Gasteiger partial charge in [-0.2, -0.15) is 0 Å². The van der Waals surface area contributed by atoms with Crippen LogP contribution in [0.25, 0.3) is 32.8 Å². The summed E-state index contributed by atoms with van der Waals surface area (Å²) < 4.78 is 5.92. The fourth-order valence-corrected chi connectivity index (χ4v) is 2.50. The maximum Gasteiger partial charge on any atom is 0.146 e. The third kappa shape index (κ3) is 1.27. The fourth-order valence-electron chi connectivity index (χ4n) is 2.33. The topological polar surface area (TPSA) is 26.0 Å². The van der Waals surface area contributed by atoms with E-state index in [-0.39, 0.29) is 0 Å². The average molecular weight is 254 g/mol. The summed E-state index contributed by atoms with van der Waals surface area (Å²) >= 11 is 5.98. The SMILES string of the molecule is Clc1ccc2c(c1)ncc1c3ccccc3oc21. The van der Waals surface area contributed by atoms with Crippen molar-refractivity contribution < 1.29 is 4.42 Å². The van der Waals surface area contributed by atoms with Gasteiger partial charge >= 0.3 is 0 Å². The van der Waals surface area contributed by atoms with Crippen molar-refractivity contribution in [1.82, 2.24) is 4.98 Å². The number of aromatic nitrogens is 1. The maximum absolute atomic E-state index is 5.98. The van der Waals surface area contributed by atoms with Crippen LogP contribution in [0.15, 0.2) is 53.1 Å². The van der Waals surface area contributed by atoms with Gasteiger partial charge in [-0.25, -0.2) is 0 Å². The third-order valence-electron chi connectivity index (χ3n) is 3.17. The lowest BCUT2D eigenvalue weighted by molar-refractivity contribution is 0.672. The van der Waals surface area contributed by atoms with E-state index in [1.54, 1.807) is 0 Å². The minimum absolute atomic E-state index is 0.686. The first-order valence-electron chi connectivity index (χ1n) is 5.68. The molecule has 0 radical (unpaired) electrons. The van der Waals surface area contributed by atoms with Gasteiger partial charge in [-0.3, -0.25) is 4.98 Å². The van der Waals surface area contributed by atoms with Crippen molar-refractivity contribution in [3.63, 3.8) is 0 Å². The van der Waals surface area contributed by atoms with Gasteiger partial charge in [-0.05, 0) is 24.3 Å². The monoisotopic (exact) mass is 253 g/mol. The molecule has 0 aliphatic carbocycles. The highest BCUT2D eigenvalue weighted by Crippen LogP contribution is 2.33. The predicted octanol–water partition coefficient (Wildman–Crippen LogP) is 4.79. The maximum atomic E-state index is 5.98. The van der Waals surface area contributed by atoms with Gasteiger partial charge in [0.1, 0.15) is 11.2 Å². The summed E-state index contributed by atoms with van der Waals surface area (Å²) in [6.45, 7) is 0. The zero-order valence-electron chi connectivity index (χ0n) is 9.35. The molecule has 2 aromatic heterocycles. The molecule has 0 amide bonds. The van der Waals surface area contributed by atoms with Crippen LogP contribution in [-0.4, -0.2) is 4.98 Å². The Labute approximate surface area is 108 Å². The van der Waals surface area contributed by atoms with Crippen LogP contribution in [0, 0.1) is 0 Å². The first-order valence-corrected chi connectivity index (χ1v) is 6.06. The molecule has 0 aliphatic rings. The normalized spacial score (nSPS) is 11.6. The van der Waals surface area contributed by atoms with E-state index >= 15 is 0 Å². The summed E-state index contributed by atoms with van der Waals surface area (Å²) in [6, 6.07) is 13.7. The van der Waals surface area contributed by atoms with Gasteiger partial charge in [0.2, 0.25) is 0 Å². The largest absolute Gasteiger partial charge is 0.455 e. The Bertz CT molecular complexity index is 895. The van der Waals surface area contributed by atoms with Gasteiger partial charge in [-0.15, -0.1) is 0 Å². The number of benzene rings is 2. The van der Waals surface area contributed by atoms with Gasteiger partial charge < -0.3 is 4.42 Å². The van der Waals surface area contributed by atoms with Gasteiger partial charge in [0.15, 0.2) is 0 Å². The molecular weight excluding hydrogens is 246 g/mol. The lowest BCUT2D eigenvalue weighted by Crippen LogP contribution is -1.78. The first kappa shape index (κ1) is 9.92. The Balaban J connectivity index is 2.28. The molecule has 0 atom stereocenters. The average Bonchev–Trinajstić information content (AvgIpc) is 2.77. The van der Waals surface area contributed by atoms with E-state index in [1.807, 2.05) is 48.7 Å². The molecule has 0 saturated heterocycles. The van der Waals surface area contributed by atoms with Crippen molar-refractivity contribution in [2.45, 2.75) is 0 Å². The Morgan fingerprint density at radius 1 is 0.944 bits per heavy atom. The molecule has 86 valence electrons. The van der Waals surface area contributed by atoms with Crippen LogP contribution in [-0.2, 0) is 0 Å². The van der Waals surface area contributed by atoms with Crippen molar-refractivity contribution in [3.05, 3.63) is 53.7 Å². The number of hydrogen-bond donors (Lipinski definition) is 0. The first-order chi connectivity index (χ1) is 8.83. The number of halogens is 1. The van der Waals surface area contributed by atoms with Crippen molar-refractivity contribution in [1.29, 1.82) is 0 Å². The highest BCUT2D eigenvalue weighted by atomic mass is 35.5. The van der Waals surface area contributed by atoms with E-state index in [9.17, 15) is 0 Å². The number of nitrogens with zero attached hydrogens (tertiary/aromatic N) is 1. The number of rotatable bonds is 0. The molecule has 0 fully saturated rings. The molecule has 2 nitrogen and oxygen atoms in total. The van der Waals surface area contributed by atoms with Crippen LogP contribution in [0.5, 0.6) is 0 Å². The zero-order valence-corrected chi connectivity index (χ0v) is 10.1. The number of hydrogen-bond acceptors (Lipinski definition) is 2. The molecule has 4 rings (SSSR count). The molecule has 18 heavy (non-hydrogen) atoms. The van der Waals surface area contributed by atoms with Gasteiger partial charge in [0, 0.05) is 27.4 Å². The Morgan fingerprint density at radius 2 is 1.83 bits per heavy atom. The highest BCUT2D eigenvalue weighted by Gasteiger charge is 2.10. The Morgan fingerprint density at radius 3 is 2.78 bits per heavy atom. The number of fused-ring (bicyclic) bond motifs is 5. The smallest absolute Gasteiger partial charge is 0.146 e. The van der Waals surface area contributed by atoms with E-state index in [1.165, 1.54) is 0 Å². The summed E-state index contributed by atoms with van der Waals surface area (Å²) in [7, 11) is 0. The van der Waals surface area contributed by atoms with E-state index in [4.69, 9.17) is 16.0 Å². The number of furan rings is 1. The van der Waals surface area contributed by atoms with Crippen LogP contribution in [0.4, 0.5) is 0 Å². The molecule has 0 unspecified atom stereocenters. The number of para-hydroxylation sites is 1. The molecule has 0 N–H and O–H groups in total. The summed E-state index contributed by atoms with van der Waals surface area (Å²) in [5, 5.41) is 3.82. The molecule has 4 aromatic rings. The lowest BCUT2D eigenvalue weighted by atomic mass is 10.1. The Hall–Kier alpha value is -2.06. The Kier molecular flexibility index (Phi) is 1.91. The van der Waals surface area contributed by atoms with Crippen molar-refractivity contribution in [2.75, 3.05) is 0 Å². The fraction of sp³-hybridized carbons (Fsp3) is 0. The molecular formula is C15H8ClNO. The van der Waals surface area contributed by atoms with Crippen molar-refractivity contribution >= 4 is 44.4 Å². The molecule has 2 aromatic carbocycles. The zero-order chi connectivity index (χ0) is 12.1. The summed E-state index contributed by atoms with van der Waals surface area (Å²) in [5.74, 6) is 0. The van der Waals surface area contributed by atoms with Gasteiger partial charge in [-0.1, -0.05) is 29.8 Å². The van der Waals surface area contributed by atoms with E-state index in [0.29, 0.717) is 5.02 Å². The highest BCUT2D eigenvalue weighted by molar-refractivity contribution is 6.31. The molecule has 3 heteroatoms. The molecule has 0 aliphatic heterocycles. The van der Waals surface area contributed by atoms with Crippen molar-refractivity contribution in [3.8, 4) is 0 Å². The second-order valence-corrected chi connectivity index (χ2v) is 4.70. The quantitative estimate of drug-likeness (QED) is 0.450. The summed E-state index contributed by atoms with van der Waals surface area (Å²) in [6.07, 6.45) is 1.85. The molecule has 2 heterocycles. The van der Waals surface area contributed by atoms with E-state index in [0.717, 1.165) is 32.8 Å². The predicted molar refractivity (Wildman–Crippen MR) is 74.0 cm³/mol. The third-order valence-corrected chi connectivity index (χ3v) is 3.41. The molecule has 0 saturated carbocycles. The van der Waals surface area contributed by atoms with Crippen LogP contribution >= 0.6 is 11.6 Å².